The summed E-state index contributed by atoms with van der Waals surface area (Å²) in [6, 6.07) is 0. The van der Waals surface area contributed by atoms with Gasteiger partial charge >= 0.3 is 6.18 Å². The Kier molecular flexibility index (Phi) is 1.79. The van der Waals surface area contributed by atoms with Gasteiger partial charge in [0.05, 0.1) is 6.33 Å². The maximum absolute atomic E-state index is 11.9. The normalized spacial score (nSPS) is 11.6. The van der Waals surface area contributed by atoms with Crippen molar-refractivity contribution in [3.8, 4) is 0 Å². The van der Waals surface area contributed by atoms with Crippen LogP contribution in [0.3, 0.4) is 0 Å². The predicted octanol–water partition coefficient (Wildman–Crippen LogP) is 0.371. The lowest BCUT2D eigenvalue weighted by Crippen LogP contribution is -2.20. The first-order valence-electron chi connectivity index (χ1n) is 2.83. The van der Waals surface area contributed by atoms with E-state index in [9.17, 15) is 18.0 Å². The summed E-state index contributed by atoms with van der Waals surface area (Å²) >= 11 is 0. The van der Waals surface area contributed by atoms with Gasteiger partial charge in [-0.15, -0.1) is 0 Å². The summed E-state index contributed by atoms with van der Waals surface area (Å²) in [5, 5.41) is 0. The van der Waals surface area contributed by atoms with E-state index in [0.29, 0.717) is 6.33 Å². The molecule has 0 aliphatic heterocycles. The Bertz CT molecular complexity index is 343. The number of alkyl halides is 3. The molecule has 0 amide bonds. The predicted molar refractivity (Wildman–Crippen MR) is 34.3 cm³/mol. The third kappa shape index (κ3) is 1.39. The van der Waals surface area contributed by atoms with E-state index in [2.05, 4.69) is 4.98 Å². The number of nitrogen functional groups attached to an aromatic ring is 1. The minimum absolute atomic E-state index is 0.654. The molecule has 0 fully saturated rings. The third-order valence-corrected chi connectivity index (χ3v) is 1.16. The van der Waals surface area contributed by atoms with Crippen LogP contribution < -0.4 is 11.3 Å². The van der Waals surface area contributed by atoms with Gasteiger partial charge in [0.2, 0.25) is 0 Å². The van der Waals surface area contributed by atoms with Crippen LogP contribution in [-0.2, 0) is 6.18 Å². The number of anilines is 1. The second kappa shape index (κ2) is 2.50. The molecule has 1 aromatic heterocycles. The van der Waals surface area contributed by atoms with Crippen LogP contribution in [0.2, 0.25) is 0 Å². The number of halogens is 3. The van der Waals surface area contributed by atoms with Crippen molar-refractivity contribution in [3.05, 3.63) is 22.4 Å². The molecule has 3 N–H and O–H groups in total. The number of nitrogens with one attached hydrogen (secondary N) is 1. The molecule has 4 nitrogen and oxygen atoms in total. The fourth-order valence-corrected chi connectivity index (χ4v) is 0.636. The number of nitrogens with two attached hydrogens (primary N) is 1. The molecule has 0 unspecified atom stereocenters. The Hall–Kier alpha value is -1.53. The Morgan fingerprint density at radius 2 is 2.08 bits per heavy atom. The van der Waals surface area contributed by atoms with Crippen LogP contribution in [0.5, 0.6) is 0 Å². The van der Waals surface area contributed by atoms with Gasteiger partial charge in [0.15, 0.2) is 5.69 Å². The van der Waals surface area contributed by atoms with Crippen molar-refractivity contribution in [1.29, 1.82) is 0 Å². The van der Waals surface area contributed by atoms with E-state index in [4.69, 9.17) is 5.73 Å². The summed E-state index contributed by atoms with van der Waals surface area (Å²) in [5.41, 5.74) is 1.59. The largest absolute Gasteiger partial charge is 0.435 e. The first kappa shape index (κ1) is 8.57. The molecule has 0 radical (unpaired) electrons. The quantitative estimate of drug-likeness (QED) is 0.604. The third-order valence-electron chi connectivity index (χ3n) is 1.16. The van der Waals surface area contributed by atoms with Gasteiger partial charge in [0.25, 0.3) is 5.56 Å². The van der Waals surface area contributed by atoms with Crippen molar-refractivity contribution in [2.24, 2.45) is 0 Å². The molecule has 0 aliphatic rings. The zero-order valence-electron chi connectivity index (χ0n) is 5.64. The minimum Gasteiger partial charge on any atom is -0.392 e. The maximum atomic E-state index is 11.9. The van der Waals surface area contributed by atoms with Crippen LogP contribution in [0, 0.1) is 0 Å². The second-order valence-corrected chi connectivity index (χ2v) is 1.99. The van der Waals surface area contributed by atoms with Gasteiger partial charge in [-0.3, -0.25) is 4.79 Å². The summed E-state index contributed by atoms with van der Waals surface area (Å²) in [6.45, 7) is 0. The zero-order chi connectivity index (χ0) is 9.35. The molecule has 12 heavy (non-hydrogen) atoms. The first-order chi connectivity index (χ1) is 5.43. The standard InChI is InChI=1S/C5H4F3N3O/c6-5(7,8)3-2(9)4(12)11-1-10-3/h1H,9H2,(H,10,11,12). The highest BCUT2D eigenvalue weighted by molar-refractivity contribution is 5.41. The molecule has 0 saturated carbocycles. The monoisotopic (exact) mass is 179 g/mol. The van der Waals surface area contributed by atoms with Crippen LogP contribution in [0.1, 0.15) is 5.69 Å². The van der Waals surface area contributed by atoms with Crippen molar-refractivity contribution in [3.63, 3.8) is 0 Å². The van der Waals surface area contributed by atoms with E-state index in [0.717, 1.165) is 0 Å². The number of hydrogen-bond acceptors (Lipinski definition) is 3. The van der Waals surface area contributed by atoms with Crippen LogP contribution >= 0.6 is 0 Å². The molecule has 7 heteroatoms. The number of aromatic amines is 1. The fraction of sp³-hybridized carbons (Fsp3) is 0.200. The maximum Gasteiger partial charge on any atom is 0.435 e. The highest BCUT2D eigenvalue weighted by atomic mass is 19.4. The van der Waals surface area contributed by atoms with Gasteiger partial charge in [-0.25, -0.2) is 4.98 Å². The topological polar surface area (TPSA) is 71.8 Å². The fourth-order valence-electron chi connectivity index (χ4n) is 0.636. The molecule has 66 valence electrons. The second-order valence-electron chi connectivity index (χ2n) is 1.99. The Labute approximate surface area is 64.2 Å². The minimum atomic E-state index is -4.68. The molecular weight excluding hydrogens is 175 g/mol. The average molecular weight is 179 g/mol. The molecule has 0 aromatic carbocycles. The Morgan fingerprint density at radius 3 is 2.50 bits per heavy atom. The van der Waals surface area contributed by atoms with Crippen LogP contribution in [-0.4, -0.2) is 9.97 Å². The lowest BCUT2D eigenvalue weighted by molar-refractivity contribution is -0.140. The van der Waals surface area contributed by atoms with E-state index in [1.165, 1.54) is 0 Å². The highest BCUT2D eigenvalue weighted by Gasteiger charge is 2.35. The molecule has 1 rings (SSSR count). The number of aromatic nitrogens is 2. The van der Waals surface area contributed by atoms with Gasteiger partial charge in [0, 0.05) is 0 Å². The van der Waals surface area contributed by atoms with Gasteiger partial charge in [-0.2, -0.15) is 13.2 Å². The van der Waals surface area contributed by atoms with E-state index >= 15 is 0 Å². The molecule has 0 bridgehead atoms. The molecular formula is C5H4F3N3O. The summed E-state index contributed by atoms with van der Waals surface area (Å²) in [5.74, 6) is 0. The smallest absolute Gasteiger partial charge is 0.392 e. The van der Waals surface area contributed by atoms with Crippen molar-refractivity contribution < 1.29 is 13.2 Å². The summed E-state index contributed by atoms with van der Waals surface area (Å²) in [7, 11) is 0. The Balaban J connectivity index is 3.36. The molecule has 1 heterocycles. The molecule has 1 aromatic rings. The van der Waals surface area contributed by atoms with Crippen molar-refractivity contribution in [1.82, 2.24) is 9.97 Å². The van der Waals surface area contributed by atoms with Gasteiger partial charge in [-0.05, 0) is 0 Å². The number of H-pyrrole nitrogens is 1. The lowest BCUT2D eigenvalue weighted by atomic mass is 10.3. The van der Waals surface area contributed by atoms with Gasteiger partial charge in [0.1, 0.15) is 5.69 Å². The number of nitrogens with zero attached hydrogens (tertiary/aromatic N) is 1. The summed E-state index contributed by atoms with van der Waals surface area (Å²) < 4.78 is 35.8. The van der Waals surface area contributed by atoms with E-state index in [1.807, 2.05) is 4.98 Å². The summed E-state index contributed by atoms with van der Waals surface area (Å²) in [4.78, 5) is 15.4. The van der Waals surface area contributed by atoms with E-state index < -0.39 is 23.1 Å². The highest BCUT2D eigenvalue weighted by Crippen LogP contribution is 2.29. The van der Waals surface area contributed by atoms with E-state index in [-0.39, 0.29) is 0 Å². The lowest BCUT2D eigenvalue weighted by Gasteiger charge is -2.05. The zero-order valence-corrected chi connectivity index (χ0v) is 5.64. The molecule has 0 atom stereocenters. The SMILES string of the molecule is Nc1c(C(F)(F)F)nc[nH]c1=O. The van der Waals surface area contributed by atoms with Crippen LogP contribution in [0.4, 0.5) is 18.9 Å². The summed E-state index contributed by atoms with van der Waals surface area (Å²) in [6.07, 6.45) is -4.03. The molecule has 0 saturated heterocycles. The molecule has 0 aliphatic carbocycles. The Morgan fingerprint density at radius 1 is 1.50 bits per heavy atom. The van der Waals surface area contributed by atoms with Crippen molar-refractivity contribution >= 4 is 5.69 Å². The number of rotatable bonds is 0. The van der Waals surface area contributed by atoms with Crippen LogP contribution in [0.25, 0.3) is 0 Å². The first-order valence-corrected chi connectivity index (χ1v) is 2.83. The van der Waals surface area contributed by atoms with E-state index in [1.54, 1.807) is 0 Å². The van der Waals surface area contributed by atoms with Gasteiger partial charge in [-0.1, -0.05) is 0 Å². The van der Waals surface area contributed by atoms with Crippen molar-refractivity contribution in [2.75, 3.05) is 5.73 Å². The average Bonchev–Trinajstić information content (AvgIpc) is 1.92. The number of hydrogen-bond donors (Lipinski definition) is 2. The van der Waals surface area contributed by atoms with Gasteiger partial charge < -0.3 is 10.7 Å². The van der Waals surface area contributed by atoms with Crippen LogP contribution in [0.15, 0.2) is 11.1 Å². The molecule has 0 spiro atoms. The van der Waals surface area contributed by atoms with Crippen molar-refractivity contribution in [2.45, 2.75) is 6.18 Å².